The third-order valence-corrected chi connectivity index (χ3v) is 4.86. The highest BCUT2D eigenvalue weighted by Gasteiger charge is 2.27. The van der Waals surface area contributed by atoms with Crippen LogP contribution in [0, 0.1) is 19.7 Å². The van der Waals surface area contributed by atoms with E-state index in [1.54, 1.807) is 25.1 Å². The SMILES string of the molecule is CCCNC(=O)[C@H](C)N(Cc1ccccc1F)C(=O)Cc1cc(C)ccc1C. The number of carbonyl (C=O) groups is 2. The van der Waals surface area contributed by atoms with Crippen molar-refractivity contribution in [1.29, 1.82) is 0 Å². The van der Waals surface area contributed by atoms with Crippen molar-refractivity contribution in [3.63, 3.8) is 0 Å². The van der Waals surface area contributed by atoms with Crippen LogP contribution >= 0.6 is 0 Å². The topological polar surface area (TPSA) is 49.4 Å². The Bertz CT molecular complexity index is 835. The van der Waals surface area contributed by atoms with Gasteiger partial charge < -0.3 is 10.2 Å². The lowest BCUT2D eigenvalue weighted by Crippen LogP contribution is -2.48. The summed E-state index contributed by atoms with van der Waals surface area (Å²) in [5, 5.41) is 2.83. The largest absolute Gasteiger partial charge is 0.354 e. The lowest BCUT2D eigenvalue weighted by Gasteiger charge is -2.29. The van der Waals surface area contributed by atoms with Crippen LogP contribution in [0.3, 0.4) is 0 Å². The molecule has 0 aromatic heterocycles. The van der Waals surface area contributed by atoms with Gasteiger partial charge in [-0.1, -0.05) is 48.9 Å². The molecule has 28 heavy (non-hydrogen) atoms. The first kappa shape index (κ1) is 21.6. The molecule has 2 rings (SSSR count). The minimum absolute atomic E-state index is 0.0527. The van der Waals surface area contributed by atoms with Crippen LogP contribution in [0.1, 0.15) is 42.5 Å². The van der Waals surface area contributed by atoms with E-state index in [0.29, 0.717) is 12.1 Å². The Balaban J connectivity index is 2.28. The number of aryl methyl sites for hydroxylation is 2. The van der Waals surface area contributed by atoms with Gasteiger partial charge in [0, 0.05) is 18.7 Å². The molecular formula is C23H29FN2O2. The minimum Gasteiger partial charge on any atom is -0.354 e. The van der Waals surface area contributed by atoms with Crippen molar-refractivity contribution >= 4 is 11.8 Å². The molecule has 1 N–H and O–H groups in total. The molecule has 0 aliphatic rings. The number of halogens is 1. The summed E-state index contributed by atoms with van der Waals surface area (Å²) in [6.07, 6.45) is 0.982. The van der Waals surface area contributed by atoms with Crippen molar-refractivity contribution in [2.75, 3.05) is 6.54 Å². The Labute approximate surface area is 166 Å². The zero-order chi connectivity index (χ0) is 20.7. The smallest absolute Gasteiger partial charge is 0.242 e. The highest BCUT2D eigenvalue weighted by Crippen LogP contribution is 2.17. The molecule has 0 fully saturated rings. The molecule has 0 aliphatic heterocycles. The van der Waals surface area contributed by atoms with Gasteiger partial charge in [-0.3, -0.25) is 9.59 Å². The molecule has 1 atom stereocenters. The number of amides is 2. The Morgan fingerprint density at radius 1 is 1.11 bits per heavy atom. The van der Waals surface area contributed by atoms with Crippen LogP contribution in [0.4, 0.5) is 4.39 Å². The van der Waals surface area contributed by atoms with E-state index in [2.05, 4.69) is 5.32 Å². The quantitative estimate of drug-likeness (QED) is 0.750. The van der Waals surface area contributed by atoms with Gasteiger partial charge in [-0.05, 0) is 44.4 Å². The third kappa shape index (κ3) is 5.65. The maximum atomic E-state index is 14.2. The molecule has 150 valence electrons. The molecular weight excluding hydrogens is 355 g/mol. The number of benzene rings is 2. The van der Waals surface area contributed by atoms with Crippen molar-refractivity contribution in [1.82, 2.24) is 10.2 Å². The van der Waals surface area contributed by atoms with E-state index < -0.39 is 6.04 Å². The van der Waals surface area contributed by atoms with E-state index in [9.17, 15) is 14.0 Å². The van der Waals surface area contributed by atoms with Crippen molar-refractivity contribution in [3.8, 4) is 0 Å². The van der Waals surface area contributed by atoms with E-state index in [1.807, 2.05) is 39.0 Å². The molecule has 0 aliphatic carbocycles. The summed E-state index contributed by atoms with van der Waals surface area (Å²) in [5.74, 6) is -0.809. The van der Waals surface area contributed by atoms with Crippen LogP contribution < -0.4 is 5.32 Å². The molecule has 0 heterocycles. The highest BCUT2D eigenvalue weighted by atomic mass is 19.1. The Kier molecular flexibility index (Phi) is 7.73. The standard InChI is InChI=1S/C23H29FN2O2/c1-5-12-25-23(28)18(4)26(15-19-8-6-7-9-21(19)24)22(27)14-20-13-16(2)10-11-17(20)3/h6-11,13,18H,5,12,14-15H2,1-4H3,(H,25,28)/t18-/m0/s1. The van der Waals surface area contributed by atoms with Crippen molar-refractivity contribution in [2.24, 2.45) is 0 Å². The molecule has 2 aromatic rings. The summed E-state index contributed by atoms with van der Waals surface area (Å²) in [7, 11) is 0. The van der Waals surface area contributed by atoms with Crippen LogP contribution in [0.25, 0.3) is 0 Å². The zero-order valence-corrected chi connectivity index (χ0v) is 17.1. The summed E-state index contributed by atoms with van der Waals surface area (Å²) in [6, 6.07) is 11.6. The monoisotopic (exact) mass is 384 g/mol. The van der Waals surface area contributed by atoms with Gasteiger partial charge in [0.15, 0.2) is 0 Å². The van der Waals surface area contributed by atoms with Crippen LogP contribution in [-0.2, 0) is 22.6 Å². The summed E-state index contributed by atoms with van der Waals surface area (Å²) < 4.78 is 14.2. The minimum atomic E-state index is -0.691. The molecule has 5 heteroatoms. The number of carbonyl (C=O) groups excluding carboxylic acids is 2. The average Bonchev–Trinajstić information content (AvgIpc) is 2.67. The fourth-order valence-corrected chi connectivity index (χ4v) is 3.04. The predicted molar refractivity (Wildman–Crippen MR) is 109 cm³/mol. The lowest BCUT2D eigenvalue weighted by molar-refractivity contribution is -0.140. The Morgan fingerprint density at radius 2 is 1.82 bits per heavy atom. The Morgan fingerprint density at radius 3 is 2.50 bits per heavy atom. The van der Waals surface area contributed by atoms with Gasteiger partial charge in [-0.25, -0.2) is 4.39 Å². The molecule has 0 saturated heterocycles. The Hall–Kier alpha value is -2.69. The first-order valence-electron chi connectivity index (χ1n) is 9.70. The number of hydrogen-bond acceptors (Lipinski definition) is 2. The summed E-state index contributed by atoms with van der Waals surface area (Å²) >= 11 is 0. The molecule has 2 aromatic carbocycles. The molecule has 0 saturated carbocycles. The average molecular weight is 384 g/mol. The van der Waals surface area contributed by atoms with E-state index in [-0.39, 0.29) is 30.6 Å². The van der Waals surface area contributed by atoms with Crippen molar-refractivity contribution < 1.29 is 14.0 Å². The van der Waals surface area contributed by atoms with Gasteiger partial charge in [0.2, 0.25) is 11.8 Å². The van der Waals surface area contributed by atoms with E-state index in [4.69, 9.17) is 0 Å². The zero-order valence-electron chi connectivity index (χ0n) is 17.1. The molecule has 0 radical (unpaired) electrons. The van der Waals surface area contributed by atoms with E-state index >= 15 is 0 Å². The first-order chi connectivity index (χ1) is 13.3. The van der Waals surface area contributed by atoms with E-state index in [1.165, 1.54) is 11.0 Å². The molecule has 0 spiro atoms. The fraction of sp³-hybridized carbons (Fsp3) is 0.391. The van der Waals surface area contributed by atoms with Crippen molar-refractivity contribution in [3.05, 3.63) is 70.5 Å². The maximum absolute atomic E-state index is 14.2. The predicted octanol–water partition coefficient (Wildman–Crippen LogP) is 3.93. The normalized spacial score (nSPS) is 11.8. The second-order valence-corrected chi connectivity index (χ2v) is 7.19. The van der Waals surface area contributed by atoms with Gasteiger partial charge in [0.05, 0.1) is 6.42 Å². The van der Waals surface area contributed by atoms with Crippen molar-refractivity contribution in [2.45, 2.75) is 53.1 Å². The molecule has 4 nitrogen and oxygen atoms in total. The number of hydrogen-bond donors (Lipinski definition) is 1. The summed E-state index contributed by atoms with van der Waals surface area (Å²) in [6.45, 7) is 8.19. The maximum Gasteiger partial charge on any atom is 0.242 e. The summed E-state index contributed by atoms with van der Waals surface area (Å²) in [4.78, 5) is 27.1. The molecule has 0 bridgehead atoms. The first-order valence-corrected chi connectivity index (χ1v) is 9.70. The number of nitrogens with one attached hydrogen (secondary N) is 1. The van der Waals surface area contributed by atoms with E-state index in [0.717, 1.165) is 23.1 Å². The number of rotatable bonds is 8. The van der Waals surface area contributed by atoms with Gasteiger partial charge in [0.1, 0.15) is 11.9 Å². The fourth-order valence-electron chi connectivity index (χ4n) is 3.04. The lowest BCUT2D eigenvalue weighted by atomic mass is 10.0. The number of nitrogens with zero attached hydrogens (tertiary/aromatic N) is 1. The highest BCUT2D eigenvalue weighted by molar-refractivity contribution is 5.88. The van der Waals surface area contributed by atoms with Gasteiger partial charge in [-0.15, -0.1) is 0 Å². The third-order valence-electron chi connectivity index (χ3n) is 4.86. The van der Waals surface area contributed by atoms with Crippen LogP contribution in [0.5, 0.6) is 0 Å². The van der Waals surface area contributed by atoms with Crippen LogP contribution in [0.15, 0.2) is 42.5 Å². The second kappa shape index (κ2) is 10.0. The second-order valence-electron chi connectivity index (χ2n) is 7.19. The van der Waals surface area contributed by atoms with Crippen LogP contribution in [0.2, 0.25) is 0 Å². The van der Waals surface area contributed by atoms with Crippen LogP contribution in [-0.4, -0.2) is 29.3 Å². The van der Waals surface area contributed by atoms with Gasteiger partial charge in [0.25, 0.3) is 0 Å². The van der Waals surface area contributed by atoms with Gasteiger partial charge in [-0.2, -0.15) is 0 Å². The van der Waals surface area contributed by atoms with Gasteiger partial charge >= 0.3 is 0 Å². The molecule has 2 amide bonds. The molecule has 0 unspecified atom stereocenters. The summed E-state index contributed by atoms with van der Waals surface area (Å²) in [5.41, 5.74) is 3.41.